The second kappa shape index (κ2) is 20.0. The first kappa shape index (κ1) is 50.4. The molecule has 1 N–H and O–H groups in total. The van der Waals surface area contributed by atoms with E-state index in [1.54, 1.807) is 64.1 Å². The molecule has 0 radical (unpaired) electrons. The van der Waals surface area contributed by atoms with Crippen molar-refractivity contribution in [3.05, 3.63) is 107 Å². The van der Waals surface area contributed by atoms with Gasteiger partial charge in [0, 0.05) is 119 Å². The van der Waals surface area contributed by atoms with Gasteiger partial charge in [0.15, 0.2) is 0 Å². The summed E-state index contributed by atoms with van der Waals surface area (Å²) >= 11 is 18.4. The molecule has 10 rings (SSSR count). The van der Waals surface area contributed by atoms with Crippen molar-refractivity contribution >= 4 is 113 Å². The van der Waals surface area contributed by atoms with Gasteiger partial charge in [0.1, 0.15) is 5.60 Å². The number of ether oxygens (including phenoxy) is 1. The van der Waals surface area contributed by atoms with Crippen molar-refractivity contribution < 1.29 is 34.8 Å². The van der Waals surface area contributed by atoms with E-state index >= 15 is 0 Å². The van der Waals surface area contributed by atoms with Crippen molar-refractivity contribution in [2.75, 3.05) is 39.3 Å². The number of fused-ring (bicyclic) bond motifs is 5. The van der Waals surface area contributed by atoms with Crippen LogP contribution in [0.15, 0.2) is 106 Å². The number of piperidine rings is 2. The maximum atomic E-state index is 13.6. The molecule has 4 aliphatic heterocycles. The van der Waals surface area contributed by atoms with Crippen molar-refractivity contribution in [2.24, 2.45) is 11.8 Å². The Kier molecular flexibility index (Phi) is 14.9. The van der Waals surface area contributed by atoms with Gasteiger partial charge in [-0.05, 0) is 83.0 Å². The Labute approximate surface area is 415 Å². The third kappa shape index (κ3) is 10.6. The zero-order chi connectivity index (χ0) is 48.8. The normalized spacial score (nSPS) is 21.4. The average molecular weight is 1070 g/mol. The highest BCUT2D eigenvalue weighted by Crippen LogP contribution is 2.38. The van der Waals surface area contributed by atoms with Crippen LogP contribution in [0.4, 0.5) is 4.79 Å². The number of hydrogen-bond donors (Lipinski definition) is 1. The van der Waals surface area contributed by atoms with Crippen molar-refractivity contribution in [1.82, 2.24) is 33.8 Å². The van der Waals surface area contributed by atoms with Gasteiger partial charge in [0.2, 0.25) is 20.0 Å². The fraction of sp³-hybridized carbons (Fsp3) is 0.391. The average Bonchev–Trinajstić information content (AvgIpc) is 3.95. The molecule has 0 bridgehead atoms. The second-order valence-corrected chi connectivity index (χ2v) is 25.7. The molecule has 0 spiro atoms. The largest absolute Gasteiger partial charge is 0.444 e. The lowest BCUT2D eigenvalue weighted by molar-refractivity contribution is 0.00642. The number of pyridine rings is 3. The van der Waals surface area contributed by atoms with Crippen LogP contribution in [0.1, 0.15) is 46.5 Å². The van der Waals surface area contributed by atoms with Crippen molar-refractivity contribution in [1.29, 1.82) is 0 Å². The smallest absolute Gasteiger partial charge is 0.410 e. The number of aromatic nitrogens is 3. The number of benzene rings is 3. The van der Waals surface area contributed by atoms with Crippen LogP contribution in [-0.2, 0) is 33.8 Å². The summed E-state index contributed by atoms with van der Waals surface area (Å²) in [7, 11) is -5.84. The number of nitrogens with one attached hydrogen (secondary N) is 1. The molecule has 3 aromatic carbocycles. The molecule has 0 unspecified atom stereocenters. The molecule has 6 aromatic rings. The van der Waals surface area contributed by atoms with E-state index in [1.165, 1.54) is 35.2 Å². The Balaban J connectivity index is 0.000000146. The van der Waals surface area contributed by atoms with E-state index < -0.39 is 34.7 Å². The highest BCUT2D eigenvalue weighted by Gasteiger charge is 2.46. The van der Waals surface area contributed by atoms with Crippen LogP contribution in [-0.4, -0.2) is 117 Å². The molecular weight excluding hydrogens is 1020 g/mol. The fourth-order valence-electron chi connectivity index (χ4n) is 9.48. The Morgan fingerprint density at radius 2 is 1.09 bits per heavy atom. The third-order valence-electron chi connectivity index (χ3n) is 12.5. The lowest BCUT2D eigenvalue weighted by Gasteiger charge is -2.37. The maximum Gasteiger partial charge on any atom is 0.410 e. The van der Waals surface area contributed by atoms with E-state index in [9.17, 15) is 30.0 Å². The van der Waals surface area contributed by atoms with Gasteiger partial charge >= 0.3 is 6.09 Å². The van der Waals surface area contributed by atoms with Crippen molar-refractivity contribution in [2.45, 2.75) is 78.8 Å². The molecule has 7 heterocycles. The summed E-state index contributed by atoms with van der Waals surface area (Å²) in [6.45, 7) is 8.79. The number of hydrogen-bond acceptors (Lipinski definition) is 12. The van der Waals surface area contributed by atoms with Gasteiger partial charge in [0.05, 0.1) is 35.8 Å². The van der Waals surface area contributed by atoms with E-state index in [1.807, 2.05) is 26.8 Å². The molecule has 4 atom stereocenters. The molecule has 15 nitrogen and oxygen atoms in total. The van der Waals surface area contributed by atoms with Gasteiger partial charge in [-0.3, -0.25) is 15.0 Å². The molecule has 1 amide bonds. The molecule has 22 heteroatoms. The molecule has 4 saturated heterocycles. The number of rotatable bonds is 5. The molecular formula is C46H49Cl4N7O8S3. The first-order chi connectivity index (χ1) is 32.1. The number of carbonyl (C=O) groups is 1. The summed E-state index contributed by atoms with van der Waals surface area (Å²) in [4.78, 5) is 26.8. The Hall–Kier alpha value is -3.95. The quantitative estimate of drug-likeness (QED) is 0.162. The second-order valence-electron chi connectivity index (χ2n) is 18.1. The highest BCUT2D eigenvalue weighted by molar-refractivity contribution is 8.14. The zero-order valence-electron chi connectivity index (χ0n) is 37.2. The molecule has 0 saturated carbocycles. The number of likely N-dealkylation sites (tertiary alicyclic amines) is 1. The van der Waals surface area contributed by atoms with E-state index in [0.717, 1.165) is 37.6 Å². The molecule has 0 aliphatic carbocycles. The summed E-state index contributed by atoms with van der Waals surface area (Å²) in [5.41, 5.74) is -0.595. The van der Waals surface area contributed by atoms with Gasteiger partial charge in [-0.1, -0.05) is 71.2 Å². The first-order valence-electron chi connectivity index (χ1n) is 21.9. The Bertz CT molecular complexity index is 3210. The van der Waals surface area contributed by atoms with Crippen LogP contribution in [0.3, 0.4) is 0 Å². The van der Waals surface area contributed by atoms with Gasteiger partial charge in [-0.25, -0.2) is 30.0 Å². The van der Waals surface area contributed by atoms with Gasteiger partial charge in [-0.15, -0.1) is 0 Å². The number of amides is 1. The topological polar surface area (TPSA) is 189 Å². The molecule has 362 valence electrons. The van der Waals surface area contributed by atoms with Crippen LogP contribution in [0, 0.1) is 11.8 Å². The maximum absolute atomic E-state index is 13.6. The molecule has 4 fully saturated rings. The number of halogens is 4. The minimum Gasteiger partial charge on any atom is -0.444 e. The fourth-order valence-corrected chi connectivity index (χ4v) is 15.1. The summed E-state index contributed by atoms with van der Waals surface area (Å²) in [6, 6.07) is 15.1. The van der Waals surface area contributed by atoms with E-state index in [4.69, 9.17) is 50.2 Å². The van der Waals surface area contributed by atoms with Crippen LogP contribution < -0.4 is 5.32 Å². The van der Waals surface area contributed by atoms with E-state index in [0.29, 0.717) is 69.1 Å². The number of sulfonamides is 2. The molecule has 3 aromatic heterocycles. The summed E-state index contributed by atoms with van der Waals surface area (Å²) in [6.07, 6.45) is 12.7. The number of nitrogens with zero attached hydrogens (tertiary/aromatic N) is 6. The minimum absolute atomic E-state index is 0.00840. The summed E-state index contributed by atoms with van der Waals surface area (Å²) in [5.74, 6) is 0.499. The van der Waals surface area contributed by atoms with Crippen LogP contribution in [0.2, 0.25) is 15.1 Å². The predicted molar refractivity (Wildman–Crippen MR) is 265 cm³/mol. The SMILES string of the molecule is CC(C)(C)OC(=O)N1CCC[C@@H]2CN(S(=O)(=O)c3cccc4cncc(Cl)c34)C[C@@H]21.O=S(=O)(Cl)c1cccc2cncc(Cl)c12.O=S(=O)(c1cccc2cncc(Cl)c12)N1C[C@H]2CCCN[C@H]2C1. The summed E-state index contributed by atoms with van der Waals surface area (Å²) in [5, 5.41) is 7.90. The monoisotopic (exact) mass is 1060 g/mol. The molecule has 4 aliphatic rings. The van der Waals surface area contributed by atoms with E-state index in [2.05, 4.69) is 20.3 Å². The van der Waals surface area contributed by atoms with Crippen molar-refractivity contribution in [3.8, 4) is 0 Å². The summed E-state index contributed by atoms with van der Waals surface area (Å²) < 4.78 is 84.7. The number of carbonyl (C=O) groups excluding carboxylic acids is 1. The van der Waals surface area contributed by atoms with Crippen LogP contribution >= 0.6 is 45.5 Å². The minimum atomic E-state index is -3.79. The highest BCUT2D eigenvalue weighted by atomic mass is 35.7. The van der Waals surface area contributed by atoms with Crippen LogP contribution in [0.5, 0.6) is 0 Å². The Morgan fingerprint density at radius 1 is 0.632 bits per heavy atom. The Morgan fingerprint density at radius 3 is 1.57 bits per heavy atom. The van der Waals surface area contributed by atoms with Crippen LogP contribution in [0.25, 0.3) is 32.3 Å². The molecule has 68 heavy (non-hydrogen) atoms. The van der Waals surface area contributed by atoms with E-state index in [-0.39, 0.29) is 50.3 Å². The van der Waals surface area contributed by atoms with Crippen molar-refractivity contribution in [3.63, 3.8) is 0 Å². The van der Waals surface area contributed by atoms with Gasteiger partial charge < -0.3 is 15.0 Å². The van der Waals surface area contributed by atoms with Gasteiger partial charge in [-0.2, -0.15) is 8.61 Å². The third-order valence-corrected chi connectivity index (χ3v) is 18.5. The first-order valence-corrected chi connectivity index (χ1v) is 28.2. The standard InChI is InChI=1S/C21H26ClN3O4S.C16H18ClN3O2S.C9H5Cl2NO2S/c1-21(2,3)29-20(26)25-9-5-7-15-12-24(13-17(15)25)30(27,28)18-8-4-6-14-10-23-11-16(22)19(14)18;17-13-8-18-7-11-3-1-5-15(16(11)13)23(21,22)20-9-12-4-2-6-19-14(12)10-20;10-7-5-12-4-6-2-1-3-8(9(6)7)15(11,13)14/h4,6,8,10-11,15,17H,5,7,9,12-13H2,1-3H3;1,3,5,7-8,12,14,19H,2,4,6,9-10H2;1-5H/t15-,17+;12-,14+;/m11./s1. The predicted octanol–water partition coefficient (Wildman–Crippen LogP) is 8.98. The van der Waals surface area contributed by atoms with Gasteiger partial charge in [0.25, 0.3) is 9.05 Å². The lowest BCUT2D eigenvalue weighted by Crippen LogP contribution is -2.50. The lowest BCUT2D eigenvalue weighted by atomic mass is 9.92. The zero-order valence-corrected chi connectivity index (χ0v) is 42.7.